The van der Waals surface area contributed by atoms with Crippen molar-refractivity contribution in [2.24, 2.45) is 11.3 Å². The fraction of sp³-hybridized carbons (Fsp3) is 0.600. The third-order valence-corrected chi connectivity index (χ3v) is 4.92. The first-order valence-corrected chi connectivity index (χ1v) is 7.71. The van der Waals surface area contributed by atoms with Crippen molar-refractivity contribution in [2.45, 2.75) is 40.2 Å². The van der Waals surface area contributed by atoms with Gasteiger partial charge in [0.15, 0.2) is 0 Å². The molecule has 2 heterocycles. The molecule has 0 saturated carbocycles. The van der Waals surface area contributed by atoms with Crippen LogP contribution in [0.3, 0.4) is 0 Å². The molecule has 0 aliphatic carbocycles. The monoisotopic (exact) mass is 295 g/mol. The van der Waals surface area contributed by atoms with Gasteiger partial charge in [-0.05, 0) is 35.8 Å². The molecule has 2 atom stereocenters. The van der Waals surface area contributed by atoms with Gasteiger partial charge in [-0.2, -0.15) is 0 Å². The van der Waals surface area contributed by atoms with E-state index in [2.05, 4.69) is 0 Å². The van der Waals surface area contributed by atoms with Crippen molar-refractivity contribution in [1.82, 2.24) is 4.90 Å². The number of rotatable bonds is 2. The summed E-state index contributed by atoms with van der Waals surface area (Å²) in [6, 6.07) is 2.00. The SMILES string of the molecule is CC1c2ccsc2CCN1C(=O)C(C(=O)O)C(C)(C)C. The zero-order chi connectivity index (χ0) is 15.1. The number of aliphatic carboxylic acids is 1. The highest BCUT2D eigenvalue weighted by molar-refractivity contribution is 7.10. The summed E-state index contributed by atoms with van der Waals surface area (Å²) in [5.74, 6) is -2.30. The van der Waals surface area contributed by atoms with Crippen LogP contribution in [0.25, 0.3) is 0 Å². The second-order valence-corrected chi connectivity index (χ2v) is 7.39. The van der Waals surface area contributed by atoms with Crippen LogP contribution in [0.4, 0.5) is 0 Å². The van der Waals surface area contributed by atoms with Gasteiger partial charge in [0.2, 0.25) is 5.91 Å². The standard InChI is InChI=1S/C15H21NO3S/c1-9-10-6-8-20-11(10)5-7-16(9)13(17)12(14(18)19)15(2,3)4/h6,8-9,12H,5,7H2,1-4H3,(H,18,19). The van der Waals surface area contributed by atoms with E-state index in [1.54, 1.807) is 37.0 Å². The molecule has 20 heavy (non-hydrogen) atoms. The summed E-state index contributed by atoms with van der Waals surface area (Å²) in [6.45, 7) is 7.98. The number of hydrogen-bond acceptors (Lipinski definition) is 3. The number of carboxylic acids is 1. The number of carboxylic acid groups (broad SMARTS) is 1. The number of carbonyl (C=O) groups excluding carboxylic acids is 1. The topological polar surface area (TPSA) is 57.6 Å². The molecule has 0 saturated heterocycles. The third kappa shape index (κ3) is 2.59. The molecule has 110 valence electrons. The maximum Gasteiger partial charge on any atom is 0.316 e. The maximum atomic E-state index is 12.7. The van der Waals surface area contributed by atoms with E-state index in [-0.39, 0.29) is 11.9 Å². The minimum absolute atomic E-state index is 0.0401. The van der Waals surface area contributed by atoms with Crippen LogP contribution < -0.4 is 0 Å². The van der Waals surface area contributed by atoms with Crippen LogP contribution in [-0.2, 0) is 16.0 Å². The molecule has 1 aromatic rings. The Morgan fingerprint density at radius 2 is 2.10 bits per heavy atom. The zero-order valence-electron chi connectivity index (χ0n) is 12.3. The van der Waals surface area contributed by atoms with E-state index in [1.165, 1.54) is 4.88 Å². The minimum atomic E-state index is -1.04. The summed E-state index contributed by atoms with van der Waals surface area (Å²) in [5, 5.41) is 11.4. The number of fused-ring (bicyclic) bond motifs is 1. The van der Waals surface area contributed by atoms with Crippen molar-refractivity contribution >= 4 is 23.2 Å². The second-order valence-electron chi connectivity index (χ2n) is 6.39. The van der Waals surface area contributed by atoms with E-state index >= 15 is 0 Å². The Balaban J connectivity index is 2.28. The Kier molecular flexibility index (Phi) is 3.91. The molecular formula is C15H21NO3S. The first-order chi connectivity index (χ1) is 9.23. The van der Waals surface area contributed by atoms with Crippen LogP contribution in [0.15, 0.2) is 11.4 Å². The summed E-state index contributed by atoms with van der Waals surface area (Å²) >= 11 is 1.71. The Morgan fingerprint density at radius 1 is 1.45 bits per heavy atom. The smallest absolute Gasteiger partial charge is 0.316 e. The lowest BCUT2D eigenvalue weighted by molar-refractivity contribution is -0.157. The van der Waals surface area contributed by atoms with Crippen molar-refractivity contribution in [3.63, 3.8) is 0 Å². The van der Waals surface area contributed by atoms with Crippen LogP contribution in [-0.4, -0.2) is 28.4 Å². The molecule has 2 unspecified atom stereocenters. The highest BCUT2D eigenvalue weighted by Gasteiger charge is 2.42. The first-order valence-electron chi connectivity index (χ1n) is 6.83. The minimum Gasteiger partial charge on any atom is -0.481 e. The molecule has 1 N–H and O–H groups in total. The van der Waals surface area contributed by atoms with E-state index in [0.29, 0.717) is 6.54 Å². The predicted octanol–water partition coefficient (Wildman–Crippen LogP) is 2.94. The Labute approximate surface area is 123 Å². The van der Waals surface area contributed by atoms with E-state index in [1.807, 2.05) is 18.4 Å². The lowest BCUT2D eigenvalue weighted by atomic mass is 9.79. The largest absolute Gasteiger partial charge is 0.481 e. The van der Waals surface area contributed by atoms with Gasteiger partial charge in [0.05, 0.1) is 6.04 Å². The van der Waals surface area contributed by atoms with E-state index < -0.39 is 17.3 Å². The first kappa shape index (κ1) is 15.0. The fourth-order valence-corrected chi connectivity index (χ4v) is 3.79. The van der Waals surface area contributed by atoms with E-state index in [0.717, 1.165) is 12.0 Å². The zero-order valence-corrected chi connectivity index (χ0v) is 13.2. The van der Waals surface area contributed by atoms with Crippen LogP contribution in [0.5, 0.6) is 0 Å². The van der Waals surface area contributed by atoms with Crippen molar-refractivity contribution in [3.05, 3.63) is 21.9 Å². The number of carbonyl (C=O) groups is 2. The van der Waals surface area contributed by atoms with Crippen molar-refractivity contribution < 1.29 is 14.7 Å². The molecule has 2 rings (SSSR count). The van der Waals surface area contributed by atoms with Crippen LogP contribution >= 0.6 is 11.3 Å². The molecule has 1 aromatic heterocycles. The molecule has 1 amide bonds. The average Bonchev–Trinajstić information content (AvgIpc) is 2.75. The second kappa shape index (κ2) is 5.20. The molecule has 0 aromatic carbocycles. The lowest BCUT2D eigenvalue weighted by Gasteiger charge is -2.38. The Hall–Kier alpha value is -1.36. The summed E-state index contributed by atoms with van der Waals surface area (Å²) in [5.41, 5.74) is 0.574. The predicted molar refractivity (Wildman–Crippen MR) is 78.7 cm³/mol. The Bertz CT molecular complexity index is 529. The number of hydrogen-bond donors (Lipinski definition) is 1. The quantitative estimate of drug-likeness (QED) is 0.853. The van der Waals surface area contributed by atoms with Crippen LogP contribution in [0, 0.1) is 11.3 Å². The van der Waals surface area contributed by atoms with Crippen LogP contribution in [0.1, 0.15) is 44.2 Å². The molecule has 1 aliphatic rings. The maximum absolute atomic E-state index is 12.7. The molecule has 1 aliphatic heterocycles. The normalized spacial score (nSPS) is 20.4. The fourth-order valence-electron chi connectivity index (χ4n) is 2.82. The van der Waals surface area contributed by atoms with Crippen molar-refractivity contribution in [3.8, 4) is 0 Å². The lowest BCUT2D eigenvalue weighted by Crippen LogP contribution is -2.48. The highest BCUT2D eigenvalue weighted by Crippen LogP contribution is 2.36. The number of thiophene rings is 1. The third-order valence-electron chi connectivity index (χ3n) is 3.92. The number of nitrogens with zero attached hydrogens (tertiary/aromatic N) is 1. The van der Waals surface area contributed by atoms with E-state index in [4.69, 9.17) is 0 Å². The molecule has 4 nitrogen and oxygen atoms in total. The van der Waals surface area contributed by atoms with Crippen LogP contribution in [0.2, 0.25) is 0 Å². The summed E-state index contributed by atoms with van der Waals surface area (Å²) in [4.78, 5) is 27.2. The van der Waals surface area contributed by atoms with Gasteiger partial charge in [-0.25, -0.2) is 0 Å². The van der Waals surface area contributed by atoms with Gasteiger partial charge in [-0.1, -0.05) is 20.8 Å². The van der Waals surface area contributed by atoms with Crippen molar-refractivity contribution in [1.29, 1.82) is 0 Å². The van der Waals surface area contributed by atoms with Gasteiger partial charge in [0.1, 0.15) is 5.92 Å². The number of amides is 1. The van der Waals surface area contributed by atoms with Gasteiger partial charge in [0, 0.05) is 11.4 Å². The van der Waals surface area contributed by atoms with Crippen molar-refractivity contribution in [2.75, 3.05) is 6.54 Å². The Morgan fingerprint density at radius 3 is 2.65 bits per heavy atom. The highest BCUT2D eigenvalue weighted by atomic mass is 32.1. The molecule has 0 bridgehead atoms. The van der Waals surface area contributed by atoms with E-state index in [9.17, 15) is 14.7 Å². The van der Waals surface area contributed by atoms with Gasteiger partial charge < -0.3 is 10.0 Å². The summed E-state index contributed by atoms with van der Waals surface area (Å²) < 4.78 is 0. The van der Waals surface area contributed by atoms with Gasteiger partial charge in [0.25, 0.3) is 0 Å². The van der Waals surface area contributed by atoms with Gasteiger partial charge in [-0.3, -0.25) is 9.59 Å². The van der Waals surface area contributed by atoms with Gasteiger partial charge in [-0.15, -0.1) is 11.3 Å². The summed E-state index contributed by atoms with van der Waals surface area (Å²) in [6.07, 6.45) is 0.819. The summed E-state index contributed by atoms with van der Waals surface area (Å²) in [7, 11) is 0. The molecule has 0 spiro atoms. The average molecular weight is 295 g/mol. The molecule has 0 radical (unpaired) electrons. The molecular weight excluding hydrogens is 274 g/mol. The molecule has 5 heteroatoms. The molecule has 0 fully saturated rings. The van der Waals surface area contributed by atoms with Gasteiger partial charge >= 0.3 is 5.97 Å².